The Morgan fingerprint density at radius 1 is 1.37 bits per heavy atom. The Kier molecular flexibility index (Phi) is 4.37. The molecule has 0 amide bonds. The monoisotopic (exact) mass is 264 g/mol. The third-order valence-corrected chi connectivity index (χ3v) is 3.28. The van der Waals surface area contributed by atoms with E-state index in [0.717, 1.165) is 18.5 Å². The molecule has 0 atom stereocenters. The van der Waals surface area contributed by atoms with E-state index in [4.69, 9.17) is 4.74 Å². The van der Waals surface area contributed by atoms with Crippen LogP contribution in [0.4, 0.5) is 5.69 Å². The van der Waals surface area contributed by atoms with Crippen LogP contribution in [0, 0.1) is 24.0 Å². The van der Waals surface area contributed by atoms with Gasteiger partial charge in [-0.05, 0) is 51.3 Å². The highest BCUT2D eigenvalue weighted by Gasteiger charge is 2.19. The third kappa shape index (κ3) is 3.92. The average Bonchev–Trinajstić information content (AvgIpc) is 3.14. The summed E-state index contributed by atoms with van der Waals surface area (Å²) in [5, 5.41) is 14.3. The van der Waals surface area contributed by atoms with Crippen molar-refractivity contribution in [3.05, 3.63) is 33.4 Å². The third-order valence-electron chi connectivity index (χ3n) is 3.28. The van der Waals surface area contributed by atoms with Crippen LogP contribution in [-0.4, -0.2) is 24.1 Å². The minimum Gasteiger partial charge on any atom is -0.493 e. The second kappa shape index (κ2) is 6.02. The lowest BCUT2D eigenvalue weighted by Crippen LogP contribution is -2.19. The van der Waals surface area contributed by atoms with E-state index >= 15 is 0 Å². The first kappa shape index (κ1) is 13.8. The first-order valence-corrected chi connectivity index (χ1v) is 6.69. The number of nitrogens with zero attached hydrogens (tertiary/aromatic N) is 1. The molecular weight excluding hydrogens is 244 g/mol. The Bertz CT molecular complexity index is 470. The normalized spacial score (nSPS) is 14.4. The topological polar surface area (TPSA) is 64.4 Å². The number of nitrogens with one attached hydrogen (secondary N) is 1. The fourth-order valence-corrected chi connectivity index (χ4v) is 2.02. The van der Waals surface area contributed by atoms with Crippen molar-refractivity contribution < 1.29 is 9.66 Å². The van der Waals surface area contributed by atoms with Crippen molar-refractivity contribution in [3.8, 4) is 5.75 Å². The van der Waals surface area contributed by atoms with Crippen molar-refractivity contribution in [2.45, 2.75) is 39.2 Å². The number of hydrogen-bond donors (Lipinski definition) is 1. The molecule has 0 saturated heterocycles. The van der Waals surface area contributed by atoms with E-state index in [1.807, 2.05) is 6.92 Å². The van der Waals surface area contributed by atoms with Gasteiger partial charge in [0.2, 0.25) is 0 Å². The van der Waals surface area contributed by atoms with Gasteiger partial charge in [0.15, 0.2) is 0 Å². The van der Waals surface area contributed by atoms with Gasteiger partial charge in [0, 0.05) is 11.6 Å². The fourth-order valence-electron chi connectivity index (χ4n) is 2.02. The highest BCUT2D eigenvalue weighted by atomic mass is 16.6. The lowest BCUT2D eigenvalue weighted by molar-refractivity contribution is -0.385. The molecule has 5 heteroatoms. The van der Waals surface area contributed by atoms with Crippen molar-refractivity contribution in [1.29, 1.82) is 0 Å². The molecule has 19 heavy (non-hydrogen) atoms. The van der Waals surface area contributed by atoms with Crippen molar-refractivity contribution in [2.24, 2.45) is 0 Å². The van der Waals surface area contributed by atoms with Crippen LogP contribution in [0.15, 0.2) is 12.1 Å². The summed E-state index contributed by atoms with van der Waals surface area (Å²) in [4.78, 5) is 10.5. The van der Waals surface area contributed by atoms with Gasteiger partial charge in [0.1, 0.15) is 5.75 Å². The molecule has 1 aromatic rings. The van der Waals surface area contributed by atoms with E-state index in [0.29, 0.717) is 24.0 Å². The number of nitro groups is 1. The van der Waals surface area contributed by atoms with Crippen LogP contribution in [-0.2, 0) is 0 Å². The SMILES string of the molecule is Cc1cc(C)c([N+](=O)[O-])cc1OCCCNC1CC1. The van der Waals surface area contributed by atoms with Crippen LogP contribution >= 0.6 is 0 Å². The summed E-state index contributed by atoms with van der Waals surface area (Å²) in [5.41, 5.74) is 1.74. The van der Waals surface area contributed by atoms with E-state index < -0.39 is 0 Å². The molecule has 1 aliphatic rings. The number of nitro benzene ring substituents is 1. The Morgan fingerprint density at radius 2 is 2.11 bits per heavy atom. The molecule has 1 saturated carbocycles. The van der Waals surface area contributed by atoms with Crippen molar-refractivity contribution >= 4 is 5.69 Å². The quantitative estimate of drug-likeness (QED) is 0.467. The summed E-state index contributed by atoms with van der Waals surface area (Å²) in [5.74, 6) is 0.615. The lowest BCUT2D eigenvalue weighted by Gasteiger charge is -2.10. The van der Waals surface area contributed by atoms with Crippen LogP contribution < -0.4 is 10.1 Å². The van der Waals surface area contributed by atoms with Gasteiger partial charge in [-0.25, -0.2) is 0 Å². The van der Waals surface area contributed by atoms with Gasteiger partial charge in [-0.3, -0.25) is 10.1 Å². The summed E-state index contributed by atoms with van der Waals surface area (Å²) in [6.45, 7) is 5.18. The molecule has 2 rings (SSSR count). The first-order chi connectivity index (χ1) is 9.08. The Labute approximate surface area is 113 Å². The minimum absolute atomic E-state index is 0.122. The van der Waals surface area contributed by atoms with Gasteiger partial charge < -0.3 is 10.1 Å². The molecule has 1 aromatic carbocycles. The zero-order valence-electron chi connectivity index (χ0n) is 11.4. The number of benzene rings is 1. The molecule has 0 radical (unpaired) electrons. The maximum atomic E-state index is 10.9. The Hall–Kier alpha value is -1.62. The van der Waals surface area contributed by atoms with Crippen LogP contribution in [0.3, 0.4) is 0 Å². The standard InChI is InChI=1S/C14H20N2O3/c1-10-8-11(2)14(9-13(10)16(17)18)19-7-3-6-15-12-4-5-12/h8-9,12,15H,3-7H2,1-2H3. The minimum atomic E-state index is -0.365. The van der Waals surface area contributed by atoms with Gasteiger partial charge >= 0.3 is 0 Å². The molecule has 1 N–H and O–H groups in total. The Morgan fingerprint density at radius 3 is 2.74 bits per heavy atom. The van der Waals surface area contributed by atoms with Crippen LogP contribution in [0.1, 0.15) is 30.4 Å². The molecule has 0 bridgehead atoms. The van der Waals surface area contributed by atoms with E-state index in [1.54, 1.807) is 13.0 Å². The molecule has 0 heterocycles. The second-order valence-electron chi connectivity index (χ2n) is 5.09. The van der Waals surface area contributed by atoms with Gasteiger partial charge in [-0.2, -0.15) is 0 Å². The van der Waals surface area contributed by atoms with E-state index in [-0.39, 0.29) is 10.6 Å². The predicted octanol–water partition coefficient (Wildman–Crippen LogP) is 2.73. The van der Waals surface area contributed by atoms with Crippen LogP contribution in [0.5, 0.6) is 5.75 Å². The summed E-state index contributed by atoms with van der Waals surface area (Å²) in [6.07, 6.45) is 3.48. The number of ether oxygens (including phenoxy) is 1. The van der Waals surface area contributed by atoms with Gasteiger partial charge in [0.25, 0.3) is 5.69 Å². The predicted molar refractivity (Wildman–Crippen MR) is 73.7 cm³/mol. The number of hydrogen-bond acceptors (Lipinski definition) is 4. The second-order valence-corrected chi connectivity index (χ2v) is 5.09. The largest absolute Gasteiger partial charge is 0.493 e. The molecule has 0 aliphatic heterocycles. The van der Waals surface area contributed by atoms with E-state index in [1.165, 1.54) is 18.9 Å². The molecule has 0 spiro atoms. The average molecular weight is 264 g/mol. The fraction of sp³-hybridized carbons (Fsp3) is 0.571. The smallest absolute Gasteiger partial charge is 0.276 e. The van der Waals surface area contributed by atoms with E-state index in [9.17, 15) is 10.1 Å². The summed E-state index contributed by atoms with van der Waals surface area (Å²) >= 11 is 0. The maximum absolute atomic E-state index is 10.9. The highest BCUT2D eigenvalue weighted by molar-refractivity contribution is 5.49. The molecule has 0 aromatic heterocycles. The summed E-state index contributed by atoms with van der Waals surface area (Å²) in [7, 11) is 0. The maximum Gasteiger partial charge on any atom is 0.276 e. The molecule has 1 fully saturated rings. The lowest BCUT2D eigenvalue weighted by atomic mass is 10.1. The molecular formula is C14H20N2O3. The molecule has 5 nitrogen and oxygen atoms in total. The molecule has 0 unspecified atom stereocenters. The van der Waals surface area contributed by atoms with Gasteiger partial charge in [0.05, 0.1) is 17.6 Å². The summed E-state index contributed by atoms with van der Waals surface area (Å²) < 4.78 is 5.64. The van der Waals surface area contributed by atoms with Crippen LogP contribution in [0.2, 0.25) is 0 Å². The van der Waals surface area contributed by atoms with Gasteiger partial charge in [-0.1, -0.05) is 0 Å². The Balaban J connectivity index is 1.87. The van der Waals surface area contributed by atoms with Gasteiger partial charge in [-0.15, -0.1) is 0 Å². The van der Waals surface area contributed by atoms with Crippen molar-refractivity contribution in [1.82, 2.24) is 5.32 Å². The number of rotatable bonds is 7. The zero-order chi connectivity index (χ0) is 13.8. The van der Waals surface area contributed by atoms with Crippen LogP contribution in [0.25, 0.3) is 0 Å². The highest BCUT2D eigenvalue weighted by Crippen LogP contribution is 2.28. The van der Waals surface area contributed by atoms with Crippen molar-refractivity contribution in [3.63, 3.8) is 0 Å². The van der Waals surface area contributed by atoms with Crippen molar-refractivity contribution in [2.75, 3.05) is 13.2 Å². The zero-order valence-corrected chi connectivity index (χ0v) is 11.4. The molecule has 104 valence electrons. The first-order valence-electron chi connectivity index (χ1n) is 6.69. The number of aryl methyl sites for hydroxylation is 2. The van der Waals surface area contributed by atoms with E-state index in [2.05, 4.69) is 5.32 Å². The summed E-state index contributed by atoms with van der Waals surface area (Å²) in [6, 6.07) is 4.04. The molecule has 1 aliphatic carbocycles.